The number of aliphatic hydroxyl groups is 1. The van der Waals surface area contributed by atoms with Crippen LogP contribution in [0.3, 0.4) is 0 Å². The van der Waals surface area contributed by atoms with Gasteiger partial charge in [-0.3, -0.25) is 37.3 Å². The van der Waals surface area contributed by atoms with Gasteiger partial charge in [0.1, 0.15) is 19.3 Å². The minimum absolute atomic E-state index is 0.105. The van der Waals surface area contributed by atoms with Gasteiger partial charge in [-0.2, -0.15) is 0 Å². The number of phosphoric ester groups is 2. The third-order valence-corrected chi connectivity index (χ3v) is 19.6. The number of carbonyl (C=O) groups excluding carboxylic acids is 4. The van der Waals surface area contributed by atoms with Crippen molar-refractivity contribution >= 4 is 39.5 Å². The third-order valence-electron chi connectivity index (χ3n) is 17.7. The fourth-order valence-corrected chi connectivity index (χ4v) is 12.9. The second kappa shape index (κ2) is 64.4. The average Bonchev–Trinajstić information content (AvgIpc) is 2.35. The zero-order valence-electron chi connectivity index (χ0n) is 61.6. The Morgan fingerprint density at radius 1 is 0.298 bits per heavy atom. The largest absolute Gasteiger partial charge is 0.472 e. The van der Waals surface area contributed by atoms with Crippen molar-refractivity contribution in [2.24, 2.45) is 23.7 Å². The summed E-state index contributed by atoms with van der Waals surface area (Å²) in [6.45, 7) is 14.2. The molecule has 0 saturated heterocycles. The van der Waals surface area contributed by atoms with Crippen molar-refractivity contribution in [3.05, 3.63) is 0 Å². The monoisotopic (exact) mass is 1380 g/mol. The van der Waals surface area contributed by atoms with Crippen molar-refractivity contribution in [2.45, 2.75) is 395 Å². The van der Waals surface area contributed by atoms with E-state index in [1.807, 2.05) is 0 Å². The Balaban J connectivity index is 5.25. The highest BCUT2D eigenvalue weighted by Gasteiger charge is 2.30. The van der Waals surface area contributed by atoms with Gasteiger partial charge >= 0.3 is 39.5 Å². The molecule has 0 radical (unpaired) electrons. The molecule has 558 valence electrons. The highest BCUT2D eigenvalue weighted by Crippen LogP contribution is 2.45. The van der Waals surface area contributed by atoms with E-state index >= 15 is 0 Å². The molecule has 19 heteroatoms. The Hall–Kier alpha value is -1.94. The van der Waals surface area contributed by atoms with Crippen LogP contribution in [0.15, 0.2) is 0 Å². The topological polar surface area (TPSA) is 237 Å². The fraction of sp³-hybridized carbons (Fsp3) is 0.947. The summed E-state index contributed by atoms with van der Waals surface area (Å²) in [5.74, 6) is 0.924. The van der Waals surface area contributed by atoms with Crippen LogP contribution in [0.5, 0.6) is 0 Å². The lowest BCUT2D eigenvalue weighted by atomic mass is 10.00. The van der Waals surface area contributed by atoms with E-state index in [1.165, 1.54) is 173 Å². The summed E-state index contributed by atoms with van der Waals surface area (Å²) in [4.78, 5) is 72.8. The quantitative estimate of drug-likeness (QED) is 0.0222. The van der Waals surface area contributed by atoms with Crippen molar-refractivity contribution in [1.82, 2.24) is 0 Å². The van der Waals surface area contributed by atoms with E-state index in [4.69, 9.17) is 37.0 Å². The van der Waals surface area contributed by atoms with Gasteiger partial charge in [-0.05, 0) is 49.4 Å². The van der Waals surface area contributed by atoms with Gasteiger partial charge in [0.15, 0.2) is 12.2 Å². The van der Waals surface area contributed by atoms with Crippen LogP contribution in [0.4, 0.5) is 0 Å². The van der Waals surface area contributed by atoms with Crippen LogP contribution in [0.2, 0.25) is 0 Å². The summed E-state index contributed by atoms with van der Waals surface area (Å²) >= 11 is 0. The molecule has 0 aliphatic heterocycles. The first-order chi connectivity index (χ1) is 45.1. The standard InChI is InChI=1S/C75H146O17P2/c1-9-68(8)54-46-38-33-34-40-48-56-73(78)86-62-71(92-75(80)58-50-42-32-25-19-15-14-17-22-28-36-44-52-66(4)5)64-90-94(83,84)88-60-69(76)59-87-93(81,82)89-63-70(61-85-72(77)55-47-39-30-26-20-23-29-37-45-53-67(6)7)91-74(79)57-49-41-31-24-18-13-11-10-12-16-21-27-35-43-51-65(2)3/h65-71,76H,9-64H2,1-8H3,(H,81,82)(H,83,84)/t68?,69-,70-,71-/m1/s1. The number of hydrogen-bond acceptors (Lipinski definition) is 15. The number of phosphoric acid groups is 2. The van der Waals surface area contributed by atoms with E-state index in [2.05, 4.69) is 55.4 Å². The zero-order valence-corrected chi connectivity index (χ0v) is 63.4. The molecular formula is C75H146O17P2. The van der Waals surface area contributed by atoms with E-state index in [-0.39, 0.29) is 25.7 Å². The molecule has 17 nitrogen and oxygen atoms in total. The number of carbonyl (C=O) groups is 4. The number of ether oxygens (including phenoxy) is 4. The molecule has 0 aromatic rings. The van der Waals surface area contributed by atoms with E-state index in [1.54, 1.807) is 0 Å². The summed E-state index contributed by atoms with van der Waals surface area (Å²) in [5, 5.41) is 10.6. The smallest absolute Gasteiger partial charge is 0.462 e. The lowest BCUT2D eigenvalue weighted by molar-refractivity contribution is -0.161. The molecule has 0 aromatic carbocycles. The minimum Gasteiger partial charge on any atom is -0.462 e. The van der Waals surface area contributed by atoms with Crippen LogP contribution < -0.4 is 0 Å². The molecule has 94 heavy (non-hydrogen) atoms. The summed E-state index contributed by atoms with van der Waals surface area (Å²) in [6, 6.07) is 0. The first kappa shape index (κ1) is 92.1. The molecular weight excluding hydrogens is 1230 g/mol. The molecule has 0 bridgehead atoms. The average molecular weight is 1380 g/mol. The minimum atomic E-state index is -4.96. The van der Waals surface area contributed by atoms with Crippen LogP contribution in [0.1, 0.15) is 376 Å². The molecule has 0 amide bonds. The van der Waals surface area contributed by atoms with Gasteiger partial charge in [0.25, 0.3) is 0 Å². The molecule has 0 saturated carbocycles. The van der Waals surface area contributed by atoms with Crippen LogP contribution >= 0.6 is 15.6 Å². The summed E-state index contributed by atoms with van der Waals surface area (Å²) in [6.07, 6.45) is 48.6. The van der Waals surface area contributed by atoms with E-state index < -0.39 is 97.5 Å². The van der Waals surface area contributed by atoms with Gasteiger partial charge in [-0.1, -0.05) is 325 Å². The van der Waals surface area contributed by atoms with Gasteiger partial charge in [-0.25, -0.2) is 9.13 Å². The molecule has 0 spiro atoms. The van der Waals surface area contributed by atoms with Crippen molar-refractivity contribution in [2.75, 3.05) is 39.6 Å². The summed E-state index contributed by atoms with van der Waals surface area (Å²) in [5.41, 5.74) is 0. The van der Waals surface area contributed by atoms with Crippen LogP contribution in [0, 0.1) is 23.7 Å². The van der Waals surface area contributed by atoms with Crippen molar-refractivity contribution in [3.63, 3.8) is 0 Å². The molecule has 6 atom stereocenters. The first-order valence-electron chi connectivity index (χ1n) is 38.7. The van der Waals surface area contributed by atoms with Gasteiger partial charge in [-0.15, -0.1) is 0 Å². The lowest BCUT2D eigenvalue weighted by Crippen LogP contribution is -2.30. The molecule has 0 heterocycles. The van der Waals surface area contributed by atoms with Crippen LogP contribution in [-0.2, 0) is 65.4 Å². The molecule has 0 aliphatic carbocycles. The van der Waals surface area contributed by atoms with E-state index in [9.17, 15) is 43.2 Å². The summed E-state index contributed by atoms with van der Waals surface area (Å²) < 4.78 is 68.5. The molecule has 0 aliphatic rings. The number of aliphatic hydroxyl groups excluding tert-OH is 1. The molecule has 3 N–H and O–H groups in total. The normalized spacial score (nSPS) is 14.4. The van der Waals surface area contributed by atoms with Crippen LogP contribution in [-0.4, -0.2) is 96.7 Å². The van der Waals surface area contributed by atoms with Crippen LogP contribution in [0.25, 0.3) is 0 Å². The second-order valence-electron chi connectivity index (χ2n) is 28.7. The predicted molar refractivity (Wildman–Crippen MR) is 381 cm³/mol. The number of esters is 4. The maximum Gasteiger partial charge on any atom is 0.472 e. The molecule has 0 fully saturated rings. The van der Waals surface area contributed by atoms with Crippen molar-refractivity contribution in [3.8, 4) is 0 Å². The van der Waals surface area contributed by atoms with Crippen molar-refractivity contribution < 1.29 is 80.2 Å². The highest BCUT2D eigenvalue weighted by molar-refractivity contribution is 7.47. The Kier molecular flexibility index (Phi) is 63.1. The maximum absolute atomic E-state index is 13.1. The molecule has 3 unspecified atom stereocenters. The number of hydrogen-bond donors (Lipinski definition) is 3. The lowest BCUT2D eigenvalue weighted by Gasteiger charge is -2.21. The zero-order chi connectivity index (χ0) is 69.6. The maximum atomic E-state index is 13.1. The third kappa shape index (κ3) is 67.3. The first-order valence-corrected chi connectivity index (χ1v) is 41.7. The van der Waals surface area contributed by atoms with Gasteiger partial charge in [0, 0.05) is 25.7 Å². The summed E-state index contributed by atoms with van der Waals surface area (Å²) in [7, 11) is -9.91. The Morgan fingerprint density at radius 3 is 0.755 bits per heavy atom. The van der Waals surface area contributed by atoms with Crippen molar-refractivity contribution in [1.29, 1.82) is 0 Å². The van der Waals surface area contributed by atoms with Gasteiger partial charge < -0.3 is 33.8 Å². The van der Waals surface area contributed by atoms with Gasteiger partial charge in [0.2, 0.25) is 0 Å². The second-order valence-corrected chi connectivity index (χ2v) is 31.6. The Morgan fingerprint density at radius 2 is 0.511 bits per heavy atom. The Bertz CT molecular complexity index is 1850. The Labute approximate surface area is 575 Å². The predicted octanol–water partition coefficient (Wildman–Crippen LogP) is 21.7. The molecule has 0 rings (SSSR count). The highest BCUT2D eigenvalue weighted by atomic mass is 31.2. The SMILES string of the molecule is CCC(C)CCCCCCCCC(=O)OC[C@H](COP(=O)(O)OC[C@H](O)COP(=O)(O)OC[C@@H](COC(=O)CCCCCCCCCCCC(C)C)OC(=O)CCCCCCCCCCCCCCCCC(C)C)OC(=O)CCCCCCCCCCCCCCC(C)C. The van der Waals surface area contributed by atoms with E-state index in [0.717, 1.165) is 120 Å². The van der Waals surface area contributed by atoms with E-state index in [0.29, 0.717) is 25.7 Å². The molecule has 0 aromatic heterocycles. The van der Waals surface area contributed by atoms with Gasteiger partial charge in [0.05, 0.1) is 26.4 Å². The number of unbranched alkanes of at least 4 members (excludes halogenated alkanes) is 37. The number of rotatable bonds is 72. The fourth-order valence-electron chi connectivity index (χ4n) is 11.3.